The largest absolute Gasteiger partial charge is 0.484 e. The summed E-state index contributed by atoms with van der Waals surface area (Å²) in [6, 6.07) is 13.3. The van der Waals surface area contributed by atoms with Gasteiger partial charge >= 0.3 is 0 Å². The van der Waals surface area contributed by atoms with Crippen molar-refractivity contribution in [2.24, 2.45) is 0 Å². The van der Waals surface area contributed by atoms with Gasteiger partial charge in [-0.15, -0.1) is 0 Å². The van der Waals surface area contributed by atoms with Crippen molar-refractivity contribution in [3.63, 3.8) is 0 Å². The van der Waals surface area contributed by atoms with Crippen LogP contribution in [0, 0.1) is 5.41 Å². The summed E-state index contributed by atoms with van der Waals surface area (Å²) in [6.45, 7) is 9.68. The van der Waals surface area contributed by atoms with Crippen LogP contribution in [-0.2, 0) is 9.53 Å². The lowest BCUT2D eigenvalue weighted by Crippen LogP contribution is -2.62. The van der Waals surface area contributed by atoms with E-state index in [9.17, 15) is 14.7 Å². The minimum atomic E-state index is -1.40. The first kappa shape index (κ1) is 29.6. The fourth-order valence-electron chi connectivity index (χ4n) is 5.70. The Hall–Kier alpha value is -3.43. The summed E-state index contributed by atoms with van der Waals surface area (Å²) in [7, 11) is 1.60. The van der Waals surface area contributed by atoms with Crippen LogP contribution in [0.15, 0.2) is 48.5 Å². The fourth-order valence-corrected chi connectivity index (χ4v) is 5.70. The third kappa shape index (κ3) is 5.32. The smallest absolute Gasteiger partial charge is 0.251 e. The third-order valence-corrected chi connectivity index (χ3v) is 8.83. The Balaban J connectivity index is 1.64. The number of hydrogen-bond acceptors (Lipinski definition) is 6. The van der Waals surface area contributed by atoms with E-state index in [1.807, 2.05) is 44.2 Å². The van der Waals surface area contributed by atoms with E-state index in [2.05, 4.69) is 10.6 Å². The van der Waals surface area contributed by atoms with E-state index < -0.39 is 28.8 Å². The van der Waals surface area contributed by atoms with Gasteiger partial charge in [-0.1, -0.05) is 44.2 Å². The average Bonchev–Trinajstić information content (AvgIpc) is 2.92. The molecule has 0 saturated carbocycles. The molecule has 9 heteroatoms. The van der Waals surface area contributed by atoms with Gasteiger partial charge in [0.25, 0.3) is 5.91 Å². The molecule has 2 aliphatic rings. The van der Waals surface area contributed by atoms with Crippen molar-refractivity contribution < 1.29 is 24.2 Å². The number of amides is 2. The van der Waals surface area contributed by atoms with E-state index in [1.165, 1.54) is 4.90 Å². The second-order valence-electron chi connectivity index (χ2n) is 11.5. The van der Waals surface area contributed by atoms with Crippen LogP contribution in [0.1, 0.15) is 93.9 Å². The highest BCUT2D eigenvalue weighted by atomic mass is 16.5. The quantitative estimate of drug-likeness (QED) is 0.365. The summed E-state index contributed by atoms with van der Waals surface area (Å²) in [5, 5.41) is 26.6. The lowest BCUT2D eigenvalue weighted by atomic mass is 9.75. The highest BCUT2D eigenvalue weighted by Gasteiger charge is 2.53. The summed E-state index contributed by atoms with van der Waals surface area (Å²) in [4.78, 5) is 28.6. The monoisotopic (exact) mass is 550 g/mol. The van der Waals surface area contributed by atoms with Crippen molar-refractivity contribution in [2.45, 2.75) is 89.1 Å². The molecule has 40 heavy (non-hydrogen) atoms. The van der Waals surface area contributed by atoms with Gasteiger partial charge in [-0.25, -0.2) is 0 Å². The first-order valence-corrected chi connectivity index (χ1v) is 14.0. The molecular formula is C31H42N4O5. The van der Waals surface area contributed by atoms with Crippen molar-refractivity contribution in [3.8, 4) is 5.75 Å². The molecule has 2 aromatic carbocycles. The van der Waals surface area contributed by atoms with E-state index in [4.69, 9.17) is 14.9 Å². The molecule has 2 heterocycles. The molecule has 0 bridgehead atoms. The average molecular weight is 551 g/mol. The molecule has 0 aliphatic carbocycles. The lowest BCUT2D eigenvalue weighted by molar-refractivity contribution is -0.137. The number of para-hydroxylation sites is 1. The molecule has 2 aliphatic heterocycles. The SMILES string of the molecule is CCC1(CC)CC(=O)N([C@H](CCOC)c2cccc(C(=O)N[C@@H]3c4ccccc4OC(C)(C)C3(C)O)c2)C(=N)N1. The molecular weight excluding hydrogens is 508 g/mol. The number of rotatable bonds is 9. The van der Waals surface area contributed by atoms with Crippen molar-refractivity contribution in [1.82, 2.24) is 15.5 Å². The highest BCUT2D eigenvalue weighted by molar-refractivity contribution is 6.00. The van der Waals surface area contributed by atoms with E-state index in [0.29, 0.717) is 36.3 Å². The Bertz CT molecular complexity index is 1250. The molecule has 1 unspecified atom stereocenters. The van der Waals surface area contributed by atoms with Gasteiger partial charge in [0.05, 0.1) is 18.5 Å². The van der Waals surface area contributed by atoms with E-state index in [1.54, 1.807) is 46.1 Å². The first-order chi connectivity index (χ1) is 18.9. The van der Waals surface area contributed by atoms with Gasteiger partial charge in [0.2, 0.25) is 5.91 Å². The van der Waals surface area contributed by atoms with Crippen molar-refractivity contribution in [3.05, 3.63) is 65.2 Å². The molecule has 9 nitrogen and oxygen atoms in total. The number of carbonyl (C=O) groups is 2. The number of ether oxygens (including phenoxy) is 2. The zero-order valence-electron chi connectivity index (χ0n) is 24.3. The Morgan fingerprint density at radius 1 is 1.20 bits per heavy atom. The van der Waals surface area contributed by atoms with Gasteiger partial charge in [0, 0.05) is 30.4 Å². The molecule has 0 spiro atoms. The Morgan fingerprint density at radius 3 is 2.55 bits per heavy atom. The number of benzene rings is 2. The van der Waals surface area contributed by atoms with Crippen LogP contribution < -0.4 is 15.4 Å². The summed E-state index contributed by atoms with van der Waals surface area (Å²) in [5.41, 5.74) is -0.976. The summed E-state index contributed by atoms with van der Waals surface area (Å²) >= 11 is 0. The molecule has 2 aromatic rings. The van der Waals surface area contributed by atoms with Crippen LogP contribution in [0.5, 0.6) is 5.75 Å². The highest BCUT2D eigenvalue weighted by Crippen LogP contribution is 2.46. The van der Waals surface area contributed by atoms with Gasteiger partial charge in [-0.3, -0.25) is 19.9 Å². The van der Waals surface area contributed by atoms with Crippen LogP contribution in [0.3, 0.4) is 0 Å². The second-order valence-corrected chi connectivity index (χ2v) is 11.5. The van der Waals surface area contributed by atoms with Gasteiger partial charge in [0.1, 0.15) is 17.0 Å². The number of carbonyl (C=O) groups excluding carboxylic acids is 2. The Morgan fingerprint density at radius 2 is 1.90 bits per heavy atom. The van der Waals surface area contributed by atoms with Gasteiger partial charge in [0.15, 0.2) is 5.96 Å². The zero-order chi connectivity index (χ0) is 29.3. The maximum Gasteiger partial charge on any atom is 0.251 e. The number of fused-ring (bicyclic) bond motifs is 1. The number of nitrogens with one attached hydrogen (secondary N) is 3. The number of nitrogens with zero attached hydrogens (tertiary/aromatic N) is 1. The zero-order valence-corrected chi connectivity index (χ0v) is 24.3. The fraction of sp³-hybridized carbons (Fsp3) is 0.516. The Kier molecular flexibility index (Phi) is 8.28. The number of methoxy groups -OCH3 is 1. The van der Waals surface area contributed by atoms with E-state index in [0.717, 1.165) is 18.4 Å². The summed E-state index contributed by atoms with van der Waals surface area (Å²) in [6.07, 6.45) is 2.22. The van der Waals surface area contributed by atoms with E-state index in [-0.39, 0.29) is 17.8 Å². The normalized spacial score (nSPS) is 24.0. The molecule has 3 atom stereocenters. The second kappa shape index (κ2) is 11.2. The molecule has 4 N–H and O–H groups in total. The number of hydrogen-bond donors (Lipinski definition) is 4. The van der Waals surface area contributed by atoms with Crippen LogP contribution in [0.4, 0.5) is 0 Å². The van der Waals surface area contributed by atoms with Gasteiger partial charge in [-0.2, -0.15) is 0 Å². The molecule has 1 fully saturated rings. The van der Waals surface area contributed by atoms with Gasteiger partial charge < -0.3 is 25.2 Å². The standard InChI is InChI=1S/C31H42N4O5/c1-7-31(8-2)19-25(36)35(28(32)34-31)23(16-17-39-6)20-12-11-13-21(18-20)27(37)33-26-22-14-9-10-15-24(22)40-29(3,4)30(26,5)38/h9-15,18,23,26,38H,7-8,16-17,19H2,1-6H3,(H2,32,34)(H,33,37)/t23-,26-,30?/m1/s1. The minimum Gasteiger partial charge on any atom is -0.484 e. The van der Waals surface area contributed by atoms with Crippen molar-refractivity contribution in [1.29, 1.82) is 5.41 Å². The van der Waals surface area contributed by atoms with E-state index >= 15 is 0 Å². The predicted molar refractivity (Wildman–Crippen MR) is 153 cm³/mol. The molecule has 216 valence electrons. The van der Waals surface area contributed by atoms with Crippen molar-refractivity contribution >= 4 is 17.8 Å². The Labute approximate surface area is 236 Å². The number of aliphatic hydroxyl groups is 1. The van der Waals surface area contributed by atoms with Crippen LogP contribution in [0.2, 0.25) is 0 Å². The third-order valence-electron chi connectivity index (χ3n) is 8.83. The molecule has 2 amide bonds. The molecule has 0 aromatic heterocycles. The van der Waals surface area contributed by atoms with Crippen LogP contribution in [-0.4, -0.2) is 58.2 Å². The topological polar surface area (TPSA) is 124 Å². The molecule has 4 rings (SSSR count). The van der Waals surface area contributed by atoms with Crippen LogP contribution in [0.25, 0.3) is 0 Å². The molecule has 0 radical (unpaired) electrons. The molecule has 1 saturated heterocycles. The lowest BCUT2D eigenvalue weighted by Gasteiger charge is -2.49. The maximum absolute atomic E-state index is 13.7. The van der Waals surface area contributed by atoms with Crippen LogP contribution >= 0.6 is 0 Å². The number of guanidine groups is 1. The summed E-state index contributed by atoms with van der Waals surface area (Å²) < 4.78 is 11.4. The van der Waals surface area contributed by atoms with Gasteiger partial charge in [-0.05, 0) is 63.8 Å². The minimum absolute atomic E-state index is 0.0630. The predicted octanol–water partition coefficient (Wildman–Crippen LogP) is 4.47. The maximum atomic E-state index is 13.7. The summed E-state index contributed by atoms with van der Waals surface area (Å²) in [5.74, 6) is 0.190. The first-order valence-electron chi connectivity index (χ1n) is 14.0. The van der Waals surface area contributed by atoms with Crippen molar-refractivity contribution in [2.75, 3.05) is 13.7 Å².